The molecule has 0 aliphatic rings. The Morgan fingerprint density at radius 3 is 2.71 bits per heavy atom. The van der Waals surface area contributed by atoms with Crippen molar-refractivity contribution in [2.45, 2.75) is 6.92 Å². The molecule has 200 valence electrons. The molecule has 3 heterocycles. The van der Waals surface area contributed by atoms with E-state index in [9.17, 15) is 9.18 Å². The molecular weight excluding hydrogens is 643 g/mol. The van der Waals surface area contributed by atoms with Gasteiger partial charge in [0.1, 0.15) is 11.6 Å². The third kappa shape index (κ3) is 6.17. The summed E-state index contributed by atoms with van der Waals surface area (Å²) >= 11 is 8.37. The van der Waals surface area contributed by atoms with E-state index in [1.54, 1.807) is 48.1 Å². The largest absolute Gasteiger partial charge is 0.378 e. The van der Waals surface area contributed by atoms with Crippen LogP contribution in [0.3, 0.4) is 0 Å². The molecule has 0 saturated heterocycles. The van der Waals surface area contributed by atoms with E-state index in [0.29, 0.717) is 49.9 Å². The average molecular weight is 670 g/mol. The number of hydrogen-bond donors (Lipinski definition) is 0. The van der Waals surface area contributed by atoms with Gasteiger partial charge in [-0.3, -0.25) is 9.48 Å². The Morgan fingerprint density at radius 2 is 2.05 bits per heavy atom. The van der Waals surface area contributed by atoms with Gasteiger partial charge < -0.3 is 14.5 Å². The molecule has 0 saturated carbocycles. The van der Waals surface area contributed by atoms with Crippen molar-refractivity contribution >= 4 is 74.4 Å². The number of nitrogens with zero attached hydrogens (tertiary/aromatic N) is 7. The third-order valence-corrected chi connectivity index (χ3v) is 8.10. The standard InChI is InChI=1S/C25H27ClFIN7O2P/c1-5-21-18-13-23(29-14-22(18)35(30-21)38-28)34(17-6-7-20(27)19(26)12-17)9-11-37-10-8-32(3)25(36)24-16(2)15-33(4)31-24/h5-7,12-15,38H,1,8-11H2,2-4H3. The van der Waals surface area contributed by atoms with Gasteiger partial charge in [0, 0.05) is 50.0 Å². The molecular formula is C25H27ClFIN7O2P. The number of carbonyl (C=O) groups excluding carboxylic acids is 1. The number of benzene rings is 1. The van der Waals surface area contributed by atoms with E-state index in [0.717, 1.165) is 22.2 Å². The summed E-state index contributed by atoms with van der Waals surface area (Å²) in [5.74, 6) is -0.0114. The van der Waals surface area contributed by atoms with Crippen LogP contribution >= 0.6 is 40.0 Å². The zero-order valence-corrected chi connectivity index (χ0v) is 25.1. The van der Waals surface area contributed by atoms with Gasteiger partial charge in [0.15, 0.2) is 5.69 Å². The Morgan fingerprint density at radius 1 is 1.29 bits per heavy atom. The van der Waals surface area contributed by atoms with Crippen molar-refractivity contribution in [2.75, 3.05) is 38.3 Å². The van der Waals surface area contributed by atoms with Crippen molar-refractivity contribution in [1.29, 1.82) is 0 Å². The third-order valence-electron chi connectivity index (χ3n) is 5.94. The lowest BCUT2D eigenvalue weighted by Gasteiger charge is -2.24. The van der Waals surface area contributed by atoms with E-state index in [-0.39, 0.29) is 10.9 Å². The van der Waals surface area contributed by atoms with Crippen LogP contribution < -0.4 is 4.90 Å². The minimum absolute atomic E-state index is 0.0187. The summed E-state index contributed by atoms with van der Waals surface area (Å²) in [5, 5.41) is 9.76. The zero-order chi connectivity index (χ0) is 27.4. The molecule has 3 aromatic heterocycles. The van der Waals surface area contributed by atoms with Crippen LogP contribution in [0, 0.1) is 12.7 Å². The van der Waals surface area contributed by atoms with E-state index in [1.807, 2.05) is 28.5 Å². The van der Waals surface area contributed by atoms with E-state index in [4.69, 9.17) is 16.3 Å². The van der Waals surface area contributed by atoms with Gasteiger partial charge in [-0.1, -0.05) is 18.2 Å². The predicted octanol–water partition coefficient (Wildman–Crippen LogP) is 5.63. The fourth-order valence-electron chi connectivity index (χ4n) is 3.98. The summed E-state index contributed by atoms with van der Waals surface area (Å²) in [7, 11) is 3.51. The number of aromatic nitrogens is 5. The van der Waals surface area contributed by atoms with Crippen molar-refractivity contribution in [3.8, 4) is 0 Å². The Hall–Kier alpha value is -2.60. The minimum Gasteiger partial charge on any atom is -0.378 e. The second-order valence-electron chi connectivity index (χ2n) is 8.57. The van der Waals surface area contributed by atoms with E-state index in [1.165, 1.54) is 6.07 Å². The first kappa shape index (κ1) is 28.4. The highest BCUT2D eigenvalue weighted by Crippen LogP contribution is 2.34. The predicted molar refractivity (Wildman–Crippen MR) is 159 cm³/mol. The smallest absolute Gasteiger partial charge is 0.274 e. The molecule has 1 amide bonds. The van der Waals surface area contributed by atoms with Gasteiger partial charge in [0.05, 0.1) is 42.0 Å². The van der Waals surface area contributed by atoms with E-state index < -0.39 is 5.82 Å². The summed E-state index contributed by atoms with van der Waals surface area (Å²) in [4.78, 5) is 20.8. The Balaban J connectivity index is 1.48. The number of halogens is 3. The van der Waals surface area contributed by atoms with Crippen LogP contribution in [0.5, 0.6) is 0 Å². The van der Waals surface area contributed by atoms with Gasteiger partial charge in [0.2, 0.25) is 0 Å². The Bertz CT molecular complexity index is 1480. The number of carbonyl (C=O) groups is 1. The van der Waals surface area contributed by atoms with Crippen molar-refractivity contribution in [3.63, 3.8) is 0 Å². The van der Waals surface area contributed by atoms with Crippen LogP contribution in [0.15, 0.2) is 43.2 Å². The van der Waals surface area contributed by atoms with Crippen molar-refractivity contribution < 1.29 is 13.9 Å². The molecule has 0 aliphatic carbocycles. The molecule has 4 aromatic rings. The number of likely N-dealkylation sites (N-methyl/N-ethyl adjacent to an activating group) is 1. The fraction of sp³-hybridized carbons (Fsp3) is 0.280. The molecule has 38 heavy (non-hydrogen) atoms. The van der Waals surface area contributed by atoms with E-state index in [2.05, 4.69) is 43.8 Å². The van der Waals surface area contributed by atoms with Crippen molar-refractivity contribution in [2.24, 2.45) is 7.05 Å². The summed E-state index contributed by atoms with van der Waals surface area (Å²) < 4.78 is 23.3. The molecule has 0 N–H and O–H groups in total. The van der Waals surface area contributed by atoms with Gasteiger partial charge >= 0.3 is 0 Å². The number of fused-ring (bicyclic) bond motifs is 1. The maximum Gasteiger partial charge on any atom is 0.274 e. The lowest BCUT2D eigenvalue weighted by atomic mass is 10.2. The van der Waals surface area contributed by atoms with Crippen LogP contribution in [-0.2, 0) is 11.8 Å². The Kier molecular flexibility index (Phi) is 9.35. The highest BCUT2D eigenvalue weighted by molar-refractivity contribution is 14.2. The number of aryl methyl sites for hydroxylation is 2. The molecule has 0 radical (unpaired) electrons. The van der Waals surface area contributed by atoms with Crippen LogP contribution in [0.4, 0.5) is 15.9 Å². The van der Waals surface area contributed by atoms with Gasteiger partial charge in [-0.05, 0) is 59.3 Å². The van der Waals surface area contributed by atoms with Crippen molar-refractivity contribution in [1.82, 2.24) is 29.2 Å². The molecule has 1 atom stereocenters. The monoisotopic (exact) mass is 669 g/mol. The summed E-state index contributed by atoms with van der Waals surface area (Å²) in [6, 6.07) is 6.48. The lowest BCUT2D eigenvalue weighted by molar-refractivity contribution is 0.0697. The first-order chi connectivity index (χ1) is 18.2. The maximum atomic E-state index is 13.9. The topological polar surface area (TPSA) is 81.3 Å². The quantitative estimate of drug-likeness (QED) is 0.117. The molecule has 4 rings (SSSR count). The number of anilines is 2. The minimum atomic E-state index is -0.496. The second-order valence-corrected chi connectivity index (χ2v) is 11.0. The molecule has 0 fully saturated rings. The summed E-state index contributed by atoms with van der Waals surface area (Å²) in [5.41, 5.74) is 3.60. The number of pyridine rings is 1. The molecule has 0 aliphatic heterocycles. The number of ether oxygens (including phenoxy) is 1. The molecule has 1 aromatic carbocycles. The molecule has 0 spiro atoms. The molecule has 1 unspecified atom stereocenters. The van der Waals surface area contributed by atoms with Gasteiger partial charge in [0.25, 0.3) is 5.91 Å². The maximum absolute atomic E-state index is 13.9. The highest BCUT2D eigenvalue weighted by atomic mass is 127. The van der Waals surface area contributed by atoms with Crippen molar-refractivity contribution in [3.05, 3.63) is 71.0 Å². The van der Waals surface area contributed by atoms with Crippen LogP contribution in [0.1, 0.15) is 21.7 Å². The molecule has 9 nitrogen and oxygen atoms in total. The SMILES string of the molecule is C=Cc1nn(PI)c2cnc(N(CCOCCN(C)C(=O)c3nn(C)cc3C)c3ccc(F)c(Cl)c3)cc12. The van der Waals surface area contributed by atoms with Crippen LogP contribution in [0.25, 0.3) is 17.0 Å². The average Bonchev–Trinajstić information content (AvgIpc) is 3.44. The first-order valence-electron chi connectivity index (χ1n) is 11.7. The number of amides is 1. The van der Waals surface area contributed by atoms with Gasteiger partial charge in [-0.15, -0.1) is 0 Å². The van der Waals surface area contributed by atoms with Crippen LogP contribution in [0.2, 0.25) is 5.02 Å². The number of hydrogen-bond acceptors (Lipinski definition) is 6. The Labute approximate surface area is 239 Å². The molecule has 13 heteroatoms. The highest BCUT2D eigenvalue weighted by Gasteiger charge is 2.19. The first-order valence-corrected chi connectivity index (χ1v) is 16.1. The second kappa shape index (κ2) is 12.5. The normalized spacial score (nSPS) is 11.5. The van der Waals surface area contributed by atoms with Crippen LogP contribution in [-0.4, -0.2) is 68.5 Å². The van der Waals surface area contributed by atoms with Gasteiger partial charge in [-0.2, -0.15) is 10.2 Å². The van der Waals surface area contributed by atoms with E-state index >= 15 is 0 Å². The fourth-order valence-corrected chi connectivity index (χ4v) is 5.67. The zero-order valence-electron chi connectivity index (χ0n) is 21.2. The molecule has 0 bridgehead atoms. The summed E-state index contributed by atoms with van der Waals surface area (Å²) in [6.07, 6.45) is 5.71. The number of rotatable bonds is 11. The van der Waals surface area contributed by atoms with Gasteiger partial charge in [-0.25, -0.2) is 13.8 Å². The summed E-state index contributed by atoms with van der Waals surface area (Å²) in [6.45, 7) is 7.24. The lowest BCUT2D eigenvalue weighted by Crippen LogP contribution is -2.32.